The number of rotatable bonds is 3. The van der Waals surface area contributed by atoms with E-state index in [9.17, 15) is 4.79 Å². The van der Waals surface area contributed by atoms with E-state index in [1.165, 1.54) is 17.3 Å². The number of amidine groups is 1. The van der Waals surface area contributed by atoms with Crippen molar-refractivity contribution in [1.29, 1.82) is 0 Å². The Hall–Kier alpha value is -2.76. The minimum atomic E-state index is -0.153. The molecular formula is C22H18ClN3OS. The van der Waals surface area contributed by atoms with E-state index >= 15 is 0 Å². The van der Waals surface area contributed by atoms with Crippen LogP contribution >= 0.6 is 23.4 Å². The number of thioether (sulfide) groups is 1. The van der Waals surface area contributed by atoms with Gasteiger partial charge in [-0.15, -0.1) is 0 Å². The second-order valence-corrected chi connectivity index (χ2v) is 7.94. The quantitative estimate of drug-likeness (QED) is 0.571. The van der Waals surface area contributed by atoms with Crippen LogP contribution in [0.3, 0.4) is 0 Å². The van der Waals surface area contributed by atoms with Crippen molar-refractivity contribution in [1.82, 2.24) is 9.88 Å². The fourth-order valence-corrected chi connectivity index (χ4v) is 3.88. The molecule has 1 N–H and O–H groups in total. The number of hydrogen-bond donors (Lipinski definition) is 1. The van der Waals surface area contributed by atoms with Crippen molar-refractivity contribution in [3.63, 3.8) is 0 Å². The molecule has 1 aliphatic rings. The van der Waals surface area contributed by atoms with E-state index in [4.69, 9.17) is 11.6 Å². The number of hydrogen-bond acceptors (Lipinski definition) is 3. The Kier molecular flexibility index (Phi) is 5.11. The Bertz CT molecular complexity index is 1110. The van der Waals surface area contributed by atoms with Gasteiger partial charge in [0.1, 0.15) is 0 Å². The van der Waals surface area contributed by atoms with Gasteiger partial charge in [0, 0.05) is 22.6 Å². The molecule has 0 unspecified atom stereocenters. The molecule has 1 amide bonds. The fourth-order valence-electron chi connectivity index (χ4n) is 2.89. The maximum atomic E-state index is 12.4. The van der Waals surface area contributed by atoms with Crippen molar-refractivity contribution in [2.24, 2.45) is 4.99 Å². The molecule has 2 aromatic carbocycles. The average molecular weight is 408 g/mol. The number of aryl methyl sites for hydroxylation is 1. The number of benzene rings is 2. The molecule has 1 aliphatic heterocycles. The molecule has 1 saturated heterocycles. The first-order valence-corrected chi connectivity index (χ1v) is 10.00. The van der Waals surface area contributed by atoms with E-state index in [-0.39, 0.29) is 5.91 Å². The normalized spacial score (nSPS) is 16.8. The standard InChI is InChI=1S/C22H18ClN3OS/c1-14-8-10-16(11-9-14)26-12-4-5-17(26)13-20-21(27)25-22(28-20)24-19-7-3-6-18(23)15(19)2/h3-13H,1-2H3,(H,24,25,27)/b20-13+. The summed E-state index contributed by atoms with van der Waals surface area (Å²) in [6.07, 6.45) is 3.87. The number of carbonyl (C=O) groups excluding carboxylic acids is 1. The highest BCUT2D eigenvalue weighted by Crippen LogP contribution is 2.31. The predicted molar refractivity (Wildman–Crippen MR) is 118 cm³/mol. The van der Waals surface area contributed by atoms with Crippen molar-refractivity contribution in [3.05, 3.63) is 87.5 Å². The van der Waals surface area contributed by atoms with E-state index in [0.29, 0.717) is 15.1 Å². The molecule has 6 heteroatoms. The van der Waals surface area contributed by atoms with Crippen LogP contribution in [0.5, 0.6) is 0 Å². The van der Waals surface area contributed by atoms with Crippen LogP contribution in [0.25, 0.3) is 11.8 Å². The molecule has 0 saturated carbocycles. The minimum absolute atomic E-state index is 0.153. The van der Waals surface area contributed by atoms with Crippen molar-refractivity contribution in [3.8, 4) is 5.69 Å². The molecular weight excluding hydrogens is 390 g/mol. The van der Waals surface area contributed by atoms with E-state index < -0.39 is 0 Å². The Morgan fingerprint density at radius 2 is 1.86 bits per heavy atom. The zero-order valence-electron chi connectivity index (χ0n) is 15.4. The molecule has 4 rings (SSSR count). The van der Waals surface area contributed by atoms with Gasteiger partial charge in [0.15, 0.2) is 5.17 Å². The van der Waals surface area contributed by atoms with Crippen LogP contribution in [0.4, 0.5) is 5.69 Å². The summed E-state index contributed by atoms with van der Waals surface area (Å²) in [5.41, 5.74) is 4.83. The largest absolute Gasteiger partial charge is 0.317 e. The zero-order valence-corrected chi connectivity index (χ0v) is 17.0. The van der Waals surface area contributed by atoms with Gasteiger partial charge in [0.05, 0.1) is 10.6 Å². The van der Waals surface area contributed by atoms with Crippen molar-refractivity contribution in [2.45, 2.75) is 13.8 Å². The molecule has 3 aromatic rings. The van der Waals surface area contributed by atoms with Gasteiger partial charge in [0.25, 0.3) is 5.91 Å². The minimum Gasteiger partial charge on any atom is -0.317 e. The number of aliphatic imine (C=N–C) groups is 1. The third-order valence-electron chi connectivity index (χ3n) is 4.48. The van der Waals surface area contributed by atoms with Gasteiger partial charge in [0.2, 0.25) is 0 Å². The molecule has 1 fully saturated rings. The van der Waals surface area contributed by atoms with Gasteiger partial charge in [-0.1, -0.05) is 35.4 Å². The van der Waals surface area contributed by atoms with Crippen molar-refractivity contribution >= 4 is 46.2 Å². The van der Waals surface area contributed by atoms with E-state index in [0.717, 1.165) is 22.6 Å². The molecule has 0 bridgehead atoms. The first kappa shape index (κ1) is 18.6. The van der Waals surface area contributed by atoms with E-state index in [2.05, 4.69) is 46.1 Å². The smallest absolute Gasteiger partial charge is 0.264 e. The molecule has 1 aromatic heterocycles. The lowest BCUT2D eigenvalue weighted by Gasteiger charge is -2.07. The summed E-state index contributed by atoms with van der Waals surface area (Å²) >= 11 is 7.49. The molecule has 0 atom stereocenters. The van der Waals surface area contributed by atoms with Crippen LogP contribution in [-0.2, 0) is 4.79 Å². The summed E-state index contributed by atoms with van der Waals surface area (Å²) in [4.78, 5) is 17.6. The molecule has 0 aliphatic carbocycles. The summed E-state index contributed by atoms with van der Waals surface area (Å²) < 4.78 is 2.05. The monoisotopic (exact) mass is 407 g/mol. The molecule has 0 spiro atoms. The fraction of sp³-hybridized carbons (Fsp3) is 0.0909. The number of nitrogens with one attached hydrogen (secondary N) is 1. The second-order valence-electron chi connectivity index (χ2n) is 6.50. The average Bonchev–Trinajstić information content (AvgIpc) is 3.27. The highest BCUT2D eigenvalue weighted by Gasteiger charge is 2.24. The topological polar surface area (TPSA) is 46.4 Å². The Morgan fingerprint density at radius 1 is 1.07 bits per heavy atom. The van der Waals surface area contributed by atoms with Crippen LogP contribution in [0.15, 0.2) is 70.7 Å². The number of nitrogens with zero attached hydrogens (tertiary/aromatic N) is 2. The lowest BCUT2D eigenvalue weighted by molar-refractivity contribution is -0.115. The Balaban J connectivity index is 1.63. The van der Waals surface area contributed by atoms with Gasteiger partial charge in [-0.25, -0.2) is 4.99 Å². The highest BCUT2D eigenvalue weighted by atomic mass is 35.5. The Labute approximate surface area is 172 Å². The SMILES string of the molecule is Cc1ccc(-n2cccc2/C=C2/SC(=Nc3cccc(Cl)c3C)NC2=O)cc1. The maximum absolute atomic E-state index is 12.4. The van der Waals surface area contributed by atoms with Crippen LogP contribution in [0.2, 0.25) is 5.02 Å². The van der Waals surface area contributed by atoms with Gasteiger partial charge in [-0.2, -0.15) is 0 Å². The number of amides is 1. The van der Waals surface area contributed by atoms with E-state index in [1.54, 1.807) is 0 Å². The third kappa shape index (κ3) is 3.77. The molecule has 4 nitrogen and oxygen atoms in total. The van der Waals surface area contributed by atoms with Crippen LogP contribution in [0, 0.1) is 13.8 Å². The highest BCUT2D eigenvalue weighted by molar-refractivity contribution is 8.18. The number of halogens is 1. The van der Waals surface area contributed by atoms with Crippen molar-refractivity contribution in [2.75, 3.05) is 0 Å². The number of aromatic nitrogens is 1. The molecule has 28 heavy (non-hydrogen) atoms. The summed E-state index contributed by atoms with van der Waals surface area (Å²) in [7, 11) is 0. The van der Waals surface area contributed by atoms with Crippen LogP contribution < -0.4 is 5.32 Å². The van der Waals surface area contributed by atoms with Crippen molar-refractivity contribution < 1.29 is 4.79 Å². The van der Waals surface area contributed by atoms with Crippen LogP contribution in [-0.4, -0.2) is 15.6 Å². The lowest BCUT2D eigenvalue weighted by Crippen LogP contribution is -2.19. The van der Waals surface area contributed by atoms with Gasteiger partial charge in [-0.05, 0) is 73.6 Å². The second kappa shape index (κ2) is 7.70. The molecule has 2 heterocycles. The first-order chi connectivity index (χ1) is 13.5. The zero-order chi connectivity index (χ0) is 19.7. The summed E-state index contributed by atoms with van der Waals surface area (Å²) in [5.74, 6) is -0.153. The molecule has 0 radical (unpaired) electrons. The summed E-state index contributed by atoms with van der Waals surface area (Å²) in [5, 5.41) is 4.04. The first-order valence-electron chi connectivity index (χ1n) is 8.80. The lowest BCUT2D eigenvalue weighted by atomic mass is 10.2. The van der Waals surface area contributed by atoms with Gasteiger partial charge >= 0.3 is 0 Å². The Morgan fingerprint density at radius 3 is 2.64 bits per heavy atom. The summed E-state index contributed by atoms with van der Waals surface area (Å²) in [6, 6.07) is 17.8. The van der Waals surface area contributed by atoms with Crippen LogP contribution in [0.1, 0.15) is 16.8 Å². The van der Waals surface area contributed by atoms with Gasteiger partial charge in [-0.3, -0.25) is 4.79 Å². The third-order valence-corrected chi connectivity index (χ3v) is 5.80. The van der Waals surface area contributed by atoms with Gasteiger partial charge < -0.3 is 9.88 Å². The predicted octanol–water partition coefficient (Wildman–Crippen LogP) is 5.64. The maximum Gasteiger partial charge on any atom is 0.264 e. The summed E-state index contributed by atoms with van der Waals surface area (Å²) in [6.45, 7) is 3.97. The number of carbonyl (C=O) groups is 1. The van der Waals surface area contributed by atoms with E-state index in [1.807, 2.05) is 49.5 Å². The molecule has 140 valence electrons.